The molecule has 10 heteroatoms. The highest BCUT2D eigenvalue weighted by Crippen LogP contribution is 2.30. The van der Waals surface area contributed by atoms with Crippen LogP contribution < -0.4 is 5.56 Å². The molecule has 0 bridgehead atoms. The van der Waals surface area contributed by atoms with E-state index in [1.165, 1.54) is 11.8 Å². The van der Waals surface area contributed by atoms with E-state index >= 15 is 0 Å². The van der Waals surface area contributed by atoms with Gasteiger partial charge in [0.05, 0.1) is 11.1 Å². The topological polar surface area (TPSA) is 63.0 Å². The fourth-order valence-electron chi connectivity index (χ4n) is 1.96. The van der Waals surface area contributed by atoms with Crippen LogP contribution in [0.5, 0.6) is 0 Å². The number of nitrogens with zero attached hydrogens (tertiary/aromatic N) is 3. The standard InChI is InChI=1S/C12H6ClF3N4OS/c1-22-12-18-11-17-10(21)8(9(13)20(11)19-12)7-5(15)2-4(14)3-6(7)16/h2-3H,1H3,(H,17,18,19,21). The molecule has 0 atom stereocenters. The summed E-state index contributed by atoms with van der Waals surface area (Å²) in [7, 11) is 0. The van der Waals surface area contributed by atoms with Crippen molar-refractivity contribution in [1.82, 2.24) is 19.6 Å². The van der Waals surface area contributed by atoms with Crippen molar-refractivity contribution in [3.05, 3.63) is 45.1 Å². The second-order valence-electron chi connectivity index (χ2n) is 4.20. The Bertz CT molecular complexity index is 932. The zero-order valence-electron chi connectivity index (χ0n) is 10.8. The second-order valence-corrected chi connectivity index (χ2v) is 5.33. The number of fused-ring (bicyclic) bond motifs is 1. The van der Waals surface area contributed by atoms with Crippen LogP contribution in [0.2, 0.25) is 5.15 Å². The minimum absolute atomic E-state index is 0.0334. The molecule has 5 nitrogen and oxygen atoms in total. The number of aromatic nitrogens is 4. The lowest BCUT2D eigenvalue weighted by Crippen LogP contribution is -2.15. The fourth-order valence-corrected chi connectivity index (χ4v) is 2.60. The predicted octanol–water partition coefficient (Wildman–Crippen LogP) is 2.88. The highest BCUT2D eigenvalue weighted by Gasteiger charge is 2.22. The first-order chi connectivity index (χ1) is 10.4. The van der Waals surface area contributed by atoms with E-state index in [-0.39, 0.29) is 10.9 Å². The highest BCUT2D eigenvalue weighted by molar-refractivity contribution is 7.98. The van der Waals surface area contributed by atoms with E-state index in [0.29, 0.717) is 17.3 Å². The predicted molar refractivity (Wildman–Crippen MR) is 75.7 cm³/mol. The monoisotopic (exact) mass is 346 g/mol. The Kier molecular flexibility index (Phi) is 3.61. The normalized spacial score (nSPS) is 11.3. The lowest BCUT2D eigenvalue weighted by molar-refractivity contribution is 0.547. The largest absolute Gasteiger partial charge is 0.290 e. The maximum Gasteiger partial charge on any atom is 0.261 e. The SMILES string of the molecule is CSc1nc2[nH]c(=O)c(-c3c(F)cc(F)cc3F)c(Cl)n2n1. The molecule has 0 spiro atoms. The molecule has 0 saturated carbocycles. The van der Waals surface area contributed by atoms with Gasteiger partial charge in [-0.25, -0.2) is 13.2 Å². The van der Waals surface area contributed by atoms with Gasteiger partial charge < -0.3 is 0 Å². The van der Waals surface area contributed by atoms with Crippen molar-refractivity contribution in [2.75, 3.05) is 6.26 Å². The van der Waals surface area contributed by atoms with E-state index in [2.05, 4.69) is 15.1 Å². The van der Waals surface area contributed by atoms with E-state index in [9.17, 15) is 18.0 Å². The summed E-state index contributed by atoms with van der Waals surface area (Å²) in [6.45, 7) is 0. The molecule has 1 N–H and O–H groups in total. The minimum Gasteiger partial charge on any atom is -0.290 e. The van der Waals surface area contributed by atoms with E-state index in [1.807, 2.05) is 0 Å². The average Bonchev–Trinajstić information content (AvgIpc) is 2.84. The van der Waals surface area contributed by atoms with Crippen LogP contribution >= 0.6 is 23.4 Å². The maximum absolute atomic E-state index is 13.9. The third kappa shape index (κ3) is 2.26. The highest BCUT2D eigenvalue weighted by atomic mass is 35.5. The summed E-state index contributed by atoms with van der Waals surface area (Å²) in [6, 6.07) is 0.931. The van der Waals surface area contributed by atoms with Gasteiger partial charge in [-0.1, -0.05) is 23.4 Å². The van der Waals surface area contributed by atoms with Gasteiger partial charge in [0.25, 0.3) is 5.56 Å². The molecule has 0 saturated heterocycles. The molecule has 2 heterocycles. The number of aromatic amines is 1. The first-order valence-corrected chi connectivity index (χ1v) is 7.40. The molecular formula is C12H6ClF3N4OS. The van der Waals surface area contributed by atoms with Gasteiger partial charge in [-0.2, -0.15) is 9.50 Å². The van der Waals surface area contributed by atoms with Crippen LogP contribution in [0.15, 0.2) is 22.1 Å². The molecule has 0 aliphatic rings. The summed E-state index contributed by atoms with van der Waals surface area (Å²) in [5.74, 6) is -3.55. The molecule has 3 aromatic rings. The van der Waals surface area contributed by atoms with Crippen molar-refractivity contribution in [3.8, 4) is 11.1 Å². The molecule has 0 aliphatic heterocycles. The molecule has 1 aromatic carbocycles. The molecular weight excluding hydrogens is 341 g/mol. The first kappa shape index (κ1) is 14.9. The Hall–Kier alpha value is -2.00. The number of thioether (sulfide) groups is 1. The van der Waals surface area contributed by atoms with Crippen molar-refractivity contribution in [1.29, 1.82) is 0 Å². The van der Waals surface area contributed by atoms with Gasteiger partial charge in [-0.15, -0.1) is 5.10 Å². The third-order valence-electron chi connectivity index (χ3n) is 2.87. The van der Waals surface area contributed by atoms with Gasteiger partial charge in [0.15, 0.2) is 0 Å². The Morgan fingerprint density at radius 2 is 1.86 bits per heavy atom. The van der Waals surface area contributed by atoms with Gasteiger partial charge >= 0.3 is 0 Å². The number of halogens is 4. The van der Waals surface area contributed by atoms with Gasteiger partial charge in [-0.05, 0) is 6.26 Å². The van der Waals surface area contributed by atoms with Crippen LogP contribution in [0, 0.1) is 17.5 Å². The van der Waals surface area contributed by atoms with E-state index < -0.39 is 34.1 Å². The van der Waals surface area contributed by atoms with E-state index in [4.69, 9.17) is 11.6 Å². The molecule has 0 fully saturated rings. The zero-order chi connectivity index (χ0) is 16.0. The van der Waals surface area contributed by atoms with Gasteiger partial charge in [-0.3, -0.25) is 9.78 Å². The van der Waals surface area contributed by atoms with Gasteiger partial charge in [0, 0.05) is 12.1 Å². The Morgan fingerprint density at radius 1 is 1.23 bits per heavy atom. The molecule has 0 aliphatic carbocycles. The van der Waals surface area contributed by atoms with Crippen molar-refractivity contribution >= 4 is 29.1 Å². The summed E-state index contributed by atoms with van der Waals surface area (Å²) in [4.78, 5) is 18.4. The second kappa shape index (κ2) is 5.33. The minimum atomic E-state index is -1.24. The summed E-state index contributed by atoms with van der Waals surface area (Å²) in [5, 5.41) is 3.97. The van der Waals surface area contributed by atoms with Crippen molar-refractivity contribution in [3.63, 3.8) is 0 Å². The fraction of sp³-hybridized carbons (Fsp3) is 0.0833. The average molecular weight is 347 g/mol. The first-order valence-electron chi connectivity index (χ1n) is 5.80. The number of hydrogen-bond acceptors (Lipinski definition) is 4. The smallest absolute Gasteiger partial charge is 0.261 e. The van der Waals surface area contributed by atoms with Crippen molar-refractivity contribution < 1.29 is 13.2 Å². The maximum atomic E-state index is 13.9. The summed E-state index contributed by atoms with van der Waals surface area (Å²) < 4.78 is 41.8. The summed E-state index contributed by atoms with van der Waals surface area (Å²) >= 11 is 7.24. The lowest BCUT2D eigenvalue weighted by atomic mass is 10.1. The molecule has 2 aromatic heterocycles. The zero-order valence-corrected chi connectivity index (χ0v) is 12.4. The molecule has 0 unspecified atom stereocenters. The molecule has 22 heavy (non-hydrogen) atoms. The number of H-pyrrole nitrogens is 1. The number of nitrogens with one attached hydrogen (secondary N) is 1. The number of rotatable bonds is 2. The number of benzene rings is 1. The molecule has 3 rings (SSSR count). The number of hydrogen-bond donors (Lipinski definition) is 1. The molecule has 0 radical (unpaired) electrons. The Morgan fingerprint density at radius 3 is 2.45 bits per heavy atom. The van der Waals surface area contributed by atoms with Gasteiger partial charge in [0.2, 0.25) is 10.9 Å². The van der Waals surface area contributed by atoms with Crippen LogP contribution in [-0.4, -0.2) is 25.8 Å². The third-order valence-corrected chi connectivity index (χ3v) is 3.76. The van der Waals surface area contributed by atoms with Crippen LogP contribution in [0.4, 0.5) is 13.2 Å². The quantitative estimate of drug-likeness (QED) is 0.572. The summed E-state index contributed by atoms with van der Waals surface area (Å²) in [6.07, 6.45) is 1.71. The summed E-state index contributed by atoms with van der Waals surface area (Å²) in [5.41, 5.74) is -2.07. The molecule has 114 valence electrons. The van der Waals surface area contributed by atoms with Crippen LogP contribution in [-0.2, 0) is 0 Å². The van der Waals surface area contributed by atoms with Crippen molar-refractivity contribution in [2.24, 2.45) is 0 Å². The van der Waals surface area contributed by atoms with Crippen LogP contribution in [0.25, 0.3) is 16.9 Å². The molecule has 0 amide bonds. The van der Waals surface area contributed by atoms with Gasteiger partial charge in [0.1, 0.15) is 22.6 Å². The lowest BCUT2D eigenvalue weighted by Gasteiger charge is -2.07. The Balaban J connectivity index is 2.39. The van der Waals surface area contributed by atoms with Crippen LogP contribution in [0.3, 0.4) is 0 Å². The van der Waals surface area contributed by atoms with Crippen LogP contribution in [0.1, 0.15) is 0 Å². The Labute approximate surface area is 130 Å². The van der Waals surface area contributed by atoms with Crippen molar-refractivity contribution in [2.45, 2.75) is 5.16 Å². The van der Waals surface area contributed by atoms with E-state index in [1.54, 1.807) is 6.26 Å². The van der Waals surface area contributed by atoms with E-state index in [0.717, 1.165) is 4.52 Å².